The summed E-state index contributed by atoms with van der Waals surface area (Å²) in [6, 6.07) is 13.9. The molecule has 1 aliphatic rings. The van der Waals surface area contributed by atoms with Gasteiger partial charge >= 0.3 is 0 Å². The monoisotopic (exact) mass is 525 g/mol. The molecule has 1 aliphatic heterocycles. The molecule has 37 heavy (non-hydrogen) atoms. The largest absolute Gasteiger partial charge is 0.493 e. The molecular formula is C29H39N3O4S. The van der Waals surface area contributed by atoms with Gasteiger partial charge in [0.2, 0.25) is 5.75 Å². The van der Waals surface area contributed by atoms with Crippen LogP contribution in [0.4, 0.5) is 0 Å². The van der Waals surface area contributed by atoms with E-state index in [0.717, 1.165) is 25.1 Å². The van der Waals surface area contributed by atoms with Crippen LogP contribution in [-0.4, -0.2) is 74.2 Å². The third kappa shape index (κ3) is 8.20. The van der Waals surface area contributed by atoms with Crippen LogP contribution in [0.5, 0.6) is 17.2 Å². The summed E-state index contributed by atoms with van der Waals surface area (Å²) in [7, 11) is 4.63. The number of methoxy groups -OCH3 is 3. The number of carbonyl (C=O) groups excluding carboxylic acids is 1. The first-order valence-electron chi connectivity index (χ1n) is 12.8. The Bertz CT molecular complexity index is 1040. The first-order chi connectivity index (χ1) is 18.0. The minimum Gasteiger partial charge on any atom is -0.493 e. The molecule has 0 spiro atoms. The number of likely N-dealkylation sites (tertiary alicyclic amines) is 1. The number of hydrogen-bond donors (Lipinski definition) is 1. The summed E-state index contributed by atoms with van der Waals surface area (Å²) in [5, 5.41) is 3.16. The smallest absolute Gasteiger partial charge is 0.254 e. The van der Waals surface area contributed by atoms with Crippen LogP contribution in [0.15, 0.2) is 48.7 Å². The topological polar surface area (TPSA) is 63.3 Å². The van der Waals surface area contributed by atoms with Crippen molar-refractivity contribution in [3.05, 3.63) is 59.8 Å². The van der Waals surface area contributed by atoms with Gasteiger partial charge < -0.3 is 29.3 Å². The van der Waals surface area contributed by atoms with Crippen LogP contribution in [0.3, 0.4) is 0 Å². The van der Waals surface area contributed by atoms with Gasteiger partial charge in [0.25, 0.3) is 5.91 Å². The molecule has 200 valence electrons. The fourth-order valence-corrected chi connectivity index (χ4v) is 4.83. The highest BCUT2D eigenvalue weighted by Crippen LogP contribution is 2.38. The van der Waals surface area contributed by atoms with Crippen LogP contribution < -0.4 is 19.5 Å². The molecule has 0 aliphatic carbocycles. The number of thiocarbonyl (C=S) groups is 1. The lowest BCUT2D eigenvalue weighted by atomic mass is 10.0. The van der Waals surface area contributed by atoms with E-state index in [4.69, 9.17) is 26.4 Å². The van der Waals surface area contributed by atoms with E-state index in [9.17, 15) is 4.79 Å². The summed E-state index contributed by atoms with van der Waals surface area (Å²) in [5.41, 5.74) is 1.53. The molecule has 1 unspecified atom stereocenters. The van der Waals surface area contributed by atoms with Gasteiger partial charge in [-0.2, -0.15) is 0 Å². The van der Waals surface area contributed by atoms with Crippen molar-refractivity contribution in [2.45, 2.75) is 38.6 Å². The molecule has 1 amide bonds. The van der Waals surface area contributed by atoms with Crippen LogP contribution in [-0.2, 0) is 0 Å². The molecule has 2 aromatic rings. The van der Waals surface area contributed by atoms with E-state index in [0.29, 0.717) is 46.9 Å². The molecule has 1 fully saturated rings. The summed E-state index contributed by atoms with van der Waals surface area (Å²) in [6.45, 7) is 5.25. The molecule has 0 aromatic heterocycles. The zero-order chi connectivity index (χ0) is 26.6. The normalized spacial score (nSPS) is 15.8. The molecule has 0 radical (unpaired) electrons. The van der Waals surface area contributed by atoms with Gasteiger partial charge in [-0.3, -0.25) is 4.79 Å². The molecule has 7 nitrogen and oxygen atoms in total. The van der Waals surface area contributed by atoms with E-state index in [1.54, 1.807) is 38.4 Å². The highest BCUT2D eigenvalue weighted by molar-refractivity contribution is 7.80. The van der Waals surface area contributed by atoms with Crippen LogP contribution in [0.1, 0.15) is 48.5 Å². The summed E-state index contributed by atoms with van der Waals surface area (Å²) < 4.78 is 16.4. The lowest BCUT2D eigenvalue weighted by Crippen LogP contribution is -2.42. The fraction of sp³-hybridized carbons (Fsp3) is 0.448. The molecule has 1 heterocycles. The Labute approximate surface area is 226 Å². The Balaban J connectivity index is 1.74. The van der Waals surface area contributed by atoms with Crippen molar-refractivity contribution in [1.29, 1.82) is 0 Å². The highest BCUT2D eigenvalue weighted by atomic mass is 32.1. The average molecular weight is 526 g/mol. The summed E-state index contributed by atoms with van der Waals surface area (Å²) in [5.74, 6) is 1.20. The zero-order valence-corrected chi connectivity index (χ0v) is 23.2. The predicted molar refractivity (Wildman–Crippen MR) is 153 cm³/mol. The Morgan fingerprint density at radius 2 is 1.81 bits per heavy atom. The summed E-state index contributed by atoms with van der Waals surface area (Å²) in [6.07, 6.45) is 8.39. The Morgan fingerprint density at radius 3 is 2.43 bits per heavy atom. The molecule has 2 aromatic carbocycles. The van der Waals surface area contributed by atoms with Crippen molar-refractivity contribution in [2.24, 2.45) is 0 Å². The molecule has 0 bridgehead atoms. The molecule has 1 N–H and O–H groups in total. The Morgan fingerprint density at radius 1 is 1.11 bits per heavy atom. The lowest BCUT2D eigenvalue weighted by molar-refractivity contribution is 0.0764. The Hall–Kier alpha value is -3.10. The van der Waals surface area contributed by atoms with Crippen molar-refractivity contribution in [3.8, 4) is 17.2 Å². The maximum atomic E-state index is 13.7. The van der Waals surface area contributed by atoms with Crippen LogP contribution in [0.25, 0.3) is 6.08 Å². The van der Waals surface area contributed by atoms with Crippen molar-refractivity contribution >= 4 is 29.2 Å². The molecule has 0 saturated carbocycles. The third-order valence-electron chi connectivity index (χ3n) is 6.67. The van der Waals surface area contributed by atoms with E-state index in [1.807, 2.05) is 42.6 Å². The van der Waals surface area contributed by atoms with Gasteiger partial charge in [0.05, 0.1) is 32.9 Å². The third-order valence-corrected chi connectivity index (χ3v) is 6.91. The predicted octanol–water partition coefficient (Wildman–Crippen LogP) is 5.01. The molecule has 1 atom stereocenters. The molecule has 1 saturated heterocycles. The van der Waals surface area contributed by atoms with E-state index in [1.165, 1.54) is 19.3 Å². The number of nitrogens with zero attached hydrogens (tertiary/aromatic N) is 2. The number of benzene rings is 2. The first-order valence-corrected chi connectivity index (χ1v) is 13.2. The molecule has 8 heteroatoms. The van der Waals surface area contributed by atoms with Crippen LogP contribution in [0, 0.1) is 0 Å². The maximum Gasteiger partial charge on any atom is 0.254 e. The van der Waals surface area contributed by atoms with E-state index < -0.39 is 0 Å². The fourth-order valence-electron chi connectivity index (χ4n) is 4.61. The van der Waals surface area contributed by atoms with Gasteiger partial charge in [0.15, 0.2) is 11.5 Å². The summed E-state index contributed by atoms with van der Waals surface area (Å²) >= 11 is 5.61. The summed E-state index contributed by atoms with van der Waals surface area (Å²) in [4.78, 5) is 18.6. The minimum atomic E-state index is -0.137. The number of nitrogens with one attached hydrogen (secondary N) is 1. The molecule has 3 rings (SSSR count). The Kier molecular flexibility index (Phi) is 11.2. The molecular weight excluding hydrogens is 486 g/mol. The lowest BCUT2D eigenvalue weighted by Gasteiger charge is -2.34. The number of piperidine rings is 1. The van der Waals surface area contributed by atoms with Gasteiger partial charge in [0.1, 0.15) is 0 Å². The quantitative estimate of drug-likeness (QED) is 0.391. The van der Waals surface area contributed by atoms with Crippen LogP contribution in [0.2, 0.25) is 0 Å². The maximum absolute atomic E-state index is 13.7. The number of ether oxygens (including phenoxy) is 3. The van der Waals surface area contributed by atoms with Gasteiger partial charge in [0, 0.05) is 30.9 Å². The standard InChI is InChI=1S/C29H39N3O4S/c1-22-11-8-9-16-31(22)17-10-18-32(21-27(37)30-15-14-23-12-6-5-7-13-23)29(33)24-19-25(34-2)28(36-4)26(20-24)35-3/h5-7,12-15,19-20,22H,8-11,16-18,21H2,1-4H3,(H,30,37)/b15-14+. The second kappa shape index (κ2) is 14.6. The number of amides is 1. The average Bonchev–Trinajstić information content (AvgIpc) is 2.92. The van der Waals surface area contributed by atoms with Gasteiger partial charge in [-0.15, -0.1) is 0 Å². The van der Waals surface area contributed by atoms with Crippen LogP contribution >= 0.6 is 12.2 Å². The second-order valence-electron chi connectivity index (χ2n) is 9.19. The van der Waals surface area contributed by atoms with Crippen molar-refractivity contribution in [2.75, 3.05) is 47.5 Å². The van der Waals surface area contributed by atoms with Gasteiger partial charge in [-0.1, -0.05) is 49.0 Å². The van der Waals surface area contributed by atoms with E-state index in [2.05, 4.69) is 17.1 Å². The SMILES string of the molecule is COc1cc(C(=O)N(CCCN2CCCCC2C)CC(=S)N/C=C/c2ccccc2)cc(OC)c1OC. The number of rotatable bonds is 12. The van der Waals surface area contributed by atoms with E-state index in [-0.39, 0.29) is 5.91 Å². The first kappa shape index (κ1) is 28.5. The van der Waals surface area contributed by atoms with Gasteiger partial charge in [-0.05, 0) is 56.5 Å². The number of carbonyl (C=O) groups is 1. The van der Waals surface area contributed by atoms with Crippen molar-refractivity contribution in [3.63, 3.8) is 0 Å². The van der Waals surface area contributed by atoms with Crippen molar-refractivity contribution < 1.29 is 19.0 Å². The zero-order valence-electron chi connectivity index (χ0n) is 22.4. The highest BCUT2D eigenvalue weighted by Gasteiger charge is 2.23. The van der Waals surface area contributed by atoms with E-state index >= 15 is 0 Å². The van der Waals surface area contributed by atoms with Crippen molar-refractivity contribution in [1.82, 2.24) is 15.1 Å². The second-order valence-corrected chi connectivity index (χ2v) is 9.68. The van der Waals surface area contributed by atoms with Gasteiger partial charge in [-0.25, -0.2) is 0 Å². The number of hydrogen-bond acceptors (Lipinski definition) is 6. The minimum absolute atomic E-state index is 0.137.